The Hall–Kier alpha value is -1.61. The molecule has 0 aromatic rings. The van der Waals surface area contributed by atoms with E-state index >= 15 is 0 Å². The van der Waals surface area contributed by atoms with Gasteiger partial charge in [-0.3, -0.25) is 9.59 Å². The standard InChI is InChI=1S/C17H30N4O2/c1-16(2,3)19-14(22)11-20(4)12-15(23)21(5)17(13-18)9-7-6-8-10-17/h6-12H2,1-5H3,(H,19,22)/p+1. The number of rotatable bonds is 5. The molecule has 6 nitrogen and oxygen atoms in total. The third-order valence-corrected chi connectivity index (χ3v) is 4.33. The summed E-state index contributed by atoms with van der Waals surface area (Å²) in [4.78, 5) is 26.9. The SMILES string of the molecule is CN(C(=O)C[NH+](C)CC(=O)NC(C)(C)C)C1(C#N)CCCCC1. The van der Waals surface area contributed by atoms with E-state index in [1.807, 2.05) is 27.8 Å². The summed E-state index contributed by atoms with van der Waals surface area (Å²) in [5.41, 5.74) is -0.936. The monoisotopic (exact) mass is 323 g/mol. The van der Waals surface area contributed by atoms with E-state index in [1.54, 1.807) is 11.9 Å². The summed E-state index contributed by atoms with van der Waals surface area (Å²) >= 11 is 0. The zero-order chi connectivity index (χ0) is 17.7. The highest BCUT2D eigenvalue weighted by Crippen LogP contribution is 2.32. The Morgan fingerprint density at radius 1 is 1.22 bits per heavy atom. The van der Waals surface area contributed by atoms with Crippen LogP contribution in [0.15, 0.2) is 0 Å². The summed E-state index contributed by atoms with van der Waals surface area (Å²) in [6.45, 7) is 6.25. The molecule has 1 rings (SSSR count). The van der Waals surface area contributed by atoms with Gasteiger partial charge in [0.2, 0.25) is 0 Å². The minimum Gasteiger partial charge on any atom is -0.347 e. The van der Waals surface area contributed by atoms with Gasteiger partial charge >= 0.3 is 0 Å². The lowest BCUT2D eigenvalue weighted by atomic mass is 9.81. The van der Waals surface area contributed by atoms with Crippen LogP contribution in [0.1, 0.15) is 52.9 Å². The van der Waals surface area contributed by atoms with E-state index in [2.05, 4.69) is 11.4 Å². The van der Waals surface area contributed by atoms with Crippen LogP contribution in [-0.2, 0) is 9.59 Å². The molecule has 1 unspecified atom stereocenters. The van der Waals surface area contributed by atoms with E-state index in [0.29, 0.717) is 0 Å². The summed E-state index contributed by atoms with van der Waals surface area (Å²) in [5.74, 6) is -0.146. The maximum Gasteiger partial charge on any atom is 0.278 e. The van der Waals surface area contributed by atoms with Gasteiger partial charge in [-0.1, -0.05) is 19.3 Å². The lowest BCUT2D eigenvalue weighted by Crippen LogP contribution is -3.11. The normalized spacial score (nSPS) is 18.6. The van der Waals surface area contributed by atoms with Crippen LogP contribution in [0.25, 0.3) is 0 Å². The number of nitrogens with zero attached hydrogens (tertiary/aromatic N) is 2. The zero-order valence-corrected chi connectivity index (χ0v) is 15.2. The fourth-order valence-corrected chi connectivity index (χ4v) is 3.07. The minimum absolute atomic E-state index is 0.0712. The van der Waals surface area contributed by atoms with E-state index in [-0.39, 0.29) is 30.4 Å². The number of nitriles is 1. The van der Waals surface area contributed by atoms with Gasteiger partial charge in [0.05, 0.1) is 13.1 Å². The second kappa shape index (κ2) is 7.78. The molecule has 0 aliphatic heterocycles. The van der Waals surface area contributed by atoms with E-state index in [4.69, 9.17) is 0 Å². The van der Waals surface area contributed by atoms with Crippen LogP contribution in [-0.4, -0.2) is 55.0 Å². The molecule has 0 radical (unpaired) electrons. The fourth-order valence-electron chi connectivity index (χ4n) is 3.07. The van der Waals surface area contributed by atoms with Crippen molar-refractivity contribution in [3.05, 3.63) is 0 Å². The van der Waals surface area contributed by atoms with Gasteiger partial charge in [0.25, 0.3) is 11.8 Å². The van der Waals surface area contributed by atoms with Crippen LogP contribution < -0.4 is 10.2 Å². The summed E-state index contributed by atoms with van der Waals surface area (Å²) < 4.78 is 0. The Morgan fingerprint density at radius 2 is 1.78 bits per heavy atom. The highest BCUT2D eigenvalue weighted by molar-refractivity contribution is 5.80. The minimum atomic E-state index is -0.663. The number of nitrogens with one attached hydrogen (secondary N) is 2. The Balaban J connectivity index is 2.57. The fraction of sp³-hybridized carbons (Fsp3) is 0.824. The Kier molecular flexibility index (Phi) is 6.57. The number of amides is 2. The molecule has 0 bridgehead atoms. The molecule has 0 spiro atoms. The topological polar surface area (TPSA) is 77.6 Å². The number of quaternary nitrogens is 1. The van der Waals surface area contributed by atoms with Crippen molar-refractivity contribution in [2.45, 2.75) is 64.0 Å². The summed E-state index contributed by atoms with van der Waals surface area (Å²) in [6, 6.07) is 2.36. The van der Waals surface area contributed by atoms with Gasteiger partial charge in [0, 0.05) is 12.6 Å². The molecule has 1 aliphatic rings. The molecule has 2 amide bonds. The molecule has 2 N–H and O–H groups in total. The van der Waals surface area contributed by atoms with Crippen molar-refractivity contribution in [1.29, 1.82) is 5.26 Å². The number of carbonyl (C=O) groups is 2. The van der Waals surface area contributed by atoms with Crippen molar-refractivity contribution in [2.75, 3.05) is 27.2 Å². The summed E-state index contributed by atoms with van der Waals surface area (Å²) in [7, 11) is 3.55. The van der Waals surface area contributed by atoms with E-state index < -0.39 is 5.54 Å². The molecular formula is C17H31N4O2+. The zero-order valence-electron chi connectivity index (χ0n) is 15.2. The van der Waals surface area contributed by atoms with E-state index in [9.17, 15) is 14.9 Å². The van der Waals surface area contributed by atoms with Gasteiger partial charge in [-0.05, 0) is 33.6 Å². The van der Waals surface area contributed by atoms with Crippen molar-refractivity contribution in [1.82, 2.24) is 10.2 Å². The van der Waals surface area contributed by atoms with Crippen molar-refractivity contribution in [3.63, 3.8) is 0 Å². The summed E-state index contributed by atoms with van der Waals surface area (Å²) in [6.07, 6.45) is 4.60. The van der Waals surface area contributed by atoms with Crippen LogP contribution in [0, 0.1) is 11.3 Å². The number of carbonyl (C=O) groups excluding carboxylic acids is 2. The van der Waals surface area contributed by atoms with Gasteiger partial charge in [-0.2, -0.15) is 5.26 Å². The summed E-state index contributed by atoms with van der Waals surface area (Å²) in [5, 5.41) is 12.5. The van der Waals surface area contributed by atoms with Crippen molar-refractivity contribution >= 4 is 11.8 Å². The third-order valence-electron chi connectivity index (χ3n) is 4.33. The molecule has 6 heteroatoms. The van der Waals surface area contributed by atoms with E-state index in [0.717, 1.165) is 37.0 Å². The number of hydrogen-bond donors (Lipinski definition) is 2. The Bertz CT molecular complexity index is 470. The van der Waals surface area contributed by atoms with Gasteiger partial charge in [-0.25, -0.2) is 0 Å². The van der Waals surface area contributed by atoms with E-state index in [1.165, 1.54) is 0 Å². The first kappa shape index (κ1) is 19.4. The van der Waals surface area contributed by atoms with Crippen LogP contribution in [0.5, 0.6) is 0 Å². The second-order valence-corrected chi connectivity index (χ2v) is 7.77. The van der Waals surface area contributed by atoms with Crippen LogP contribution in [0.4, 0.5) is 0 Å². The van der Waals surface area contributed by atoms with Gasteiger partial charge in [0.15, 0.2) is 13.1 Å². The largest absolute Gasteiger partial charge is 0.347 e. The molecule has 0 aromatic heterocycles. The lowest BCUT2D eigenvalue weighted by molar-refractivity contribution is -0.863. The molecule has 0 aromatic carbocycles. The molecule has 1 saturated carbocycles. The first-order valence-electron chi connectivity index (χ1n) is 8.40. The van der Waals surface area contributed by atoms with Gasteiger partial charge < -0.3 is 15.1 Å². The predicted molar refractivity (Wildman–Crippen MR) is 88.7 cm³/mol. The van der Waals surface area contributed by atoms with Gasteiger partial charge in [0.1, 0.15) is 5.54 Å². The highest BCUT2D eigenvalue weighted by atomic mass is 16.2. The average molecular weight is 323 g/mol. The lowest BCUT2D eigenvalue weighted by Gasteiger charge is -2.39. The second-order valence-electron chi connectivity index (χ2n) is 7.77. The quantitative estimate of drug-likeness (QED) is 0.753. The molecule has 130 valence electrons. The molecular weight excluding hydrogens is 292 g/mol. The third kappa shape index (κ3) is 5.83. The average Bonchev–Trinajstić information content (AvgIpc) is 2.44. The van der Waals surface area contributed by atoms with Crippen LogP contribution >= 0.6 is 0 Å². The van der Waals surface area contributed by atoms with Gasteiger partial charge in [-0.15, -0.1) is 0 Å². The molecule has 0 heterocycles. The molecule has 1 fully saturated rings. The highest BCUT2D eigenvalue weighted by Gasteiger charge is 2.39. The predicted octanol–water partition coefficient (Wildman–Crippen LogP) is 0.101. The number of likely N-dealkylation sites (N-methyl/N-ethyl adjacent to an activating group) is 2. The molecule has 1 aliphatic carbocycles. The van der Waals surface area contributed by atoms with Crippen molar-refractivity contribution in [3.8, 4) is 6.07 Å². The maximum atomic E-state index is 12.5. The van der Waals surface area contributed by atoms with Crippen LogP contribution in [0.3, 0.4) is 0 Å². The maximum absolute atomic E-state index is 12.5. The molecule has 0 saturated heterocycles. The van der Waals surface area contributed by atoms with Crippen molar-refractivity contribution in [2.24, 2.45) is 0 Å². The smallest absolute Gasteiger partial charge is 0.278 e. The van der Waals surface area contributed by atoms with Crippen LogP contribution in [0.2, 0.25) is 0 Å². The molecule has 23 heavy (non-hydrogen) atoms. The first-order chi connectivity index (χ1) is 10.6. The number of hydrogen-bond acceptors (Lipinski definition) is 3. The van der Waals surface area contributed by atoms with Crippen molar-refractivity contribution < 1.29 is 14.5 Å². The Labute approximate surface area is 139 Å². The Morgan fingerprint density at radius 3 is 2.26 bits per heavy atom. The molecule has 1 atom stereocenters. The first-order valence-corrected chi connectivity index (χ1v) is 8.40.